The summed E-state index contributed by atoms with van der Waals surface area (Å²) >= 11 is 1.35. The van der Waals surface area contributed by atoms with Gasteiger partial charge >= 0.3 is 5.97 Å². The van der Waals surface area contributed by atoms with Gasteiger partial charge in [-0.2, -0.15) is 0 Å². The highest BCUT2D eigenvalue weighted by Gasteiger charge is 2.19. The van der Waals surface area contributed by atoms with Crippen molar-refractivity contribution in [3.63, 3.8) is 0 Å². The van der Waals surface area contributed by atoms with Gasteiger partial charge in [-0.1, -0.05) is 13.3 Å². The van der Waals surface area contributed by atoms with Gasteiger partial charge in [-0.15, -0.1) is 11.3 Å². The minimum Gasteiger partial charge on any atom is -0.477 e. The van der Waals surface area contributed by atoms with E-state index in [9.17, 15) is 9.90 Å². The minimum atomic E-state index is -0.828. The lowest BCUT2D eigenvalue weighted by Crippen LogP contribution is -2.18. The average molecular weight is 268 g/mol. The molecule has 18 heavy (non-hydrogen) atoms. The van der Waals surface area contributed by atoms with Crippen LogP contribution in [0.15, 0.2) is 0 Å². The van der Waals surface area contributed by atoms with E-state index in [0.717, 1.165) is 49.6 Å². The van der Waals surface area contributed by atoms with E-state index in [4.69, 9.17) is 0 Å². The summed E-state index contributed by atoms with van der Waals surface area (Å²) in [5.41, 5.74) is 0.781. The van der Waals surface area contributed by atoms with Gasteiger partial charge in [0.15, 0.2) is 0 Å². The van der Waals surface area contributed by atoms with Gasteiger partial charge in [0.1, 0.15) is 9.88 Å². The maximum Gasteiger partial charge on any atom is 0.347 e. The number of likely N-dealkylation sites (tertiary alicyclic amines) is 1. The summed E-state index contributed by atoms with van der Waals surface area (Å²) in [6.45, 7) is 5.16. The van der Waals surface area contributed by atoms with Crippen LogP contribution in [0.2, 0.25) is 0 Å². The molecule has 100 valence electrons. The zero-order valence-corrected chi connectivity index (χ0v) is 11.6. The van der Waals surface area contributed by atoms with Gasteiger partial charge in [0.2, 0.25) is 0 Å². The van der Waals surface area contributed by atoms with Crippen LogP contribution in [0.5, 0.6) is 0 Å². The van der Waals surface area contributed by atoms with Gasteiger partial charge in [-0.25, -0.2) is 9.78 Å². The van der Waals surface area contributed by atoms with Crippen molar-refractivity contribution in [2.45, 2.75) is 45.6 Å². The van der Waals surface area contributed by atoms with Crippen LogP contribution in [0.25, 0.3) is 0 Å². The molecular weight excluding hydrogens is 248 g/mol. The molecule has 2 heterocycles. The van der Waals surface area contributed by atoms with Gasteiger partial charge in [0.25, 0.3) is 0 Å². The fourth-order valence-electron chi connectivity index (χ4n) is 2.28. The van der Waals surface area contributed by atoms with Crippen LogP contribution in [-0.4, -0.2) is 34.0 Å². The number of carboxylic acids is 1. The van der Waals surface area contributed by atoms with Gasteiger partial charge in [-0.05, 0) is 38.8 Å². The maximum absolute atomic E-state index is 11.2. The second-order valence-corrected chi connectivity index (χ2v) is 5.86. The molecule has 1 aromatic rings. The third-order valence-electron chi connectivity index (χ3n) is 3.26. The molecule has 0 amide bonds. The van der Waals surface area contributed by atoms with Crippen molar-refractivity contribution in [2.24, 2.45) is 0 Å². The van der Waals surface area contributed by atoms with E-state index < -0.39 is 5.97 Å². The number of aryl methyl sites for hydroxylation is 1. The number of rotatable bonds is 6. The van der Waals surface area contributed by atoms with Gasteiger partial charge in [0, 0.05) is 0 Å². The lowest BCUT2D eigenvalue weighted by Gasteiger charge is -2.11. The lowest BCUT2D eigenvalue weighted by atomic mass is 10.2. The van der Waals surface area contributed by atoms with Crippen LogP contribution in [0.4, 0.5) is 0 Å². The molecule has 1 saturated heterocycles. The quantitative estimate of drug-likeness (QED) is 0.862. The molecule has 1 aromatic heterocycles. The largest absolute Gasteiger partial charge is 0.477 e. The Labute approximate surface area is 112 Å². The van der Waals surface area contributed by atoms with E-state index in [2.05, 4.69) is 16.8 Å². The van der Waals surface area contributed by atoms with E-state index >= 15 is 0 Å². The summed E-state index contributed by atoms with van der Waals surface area (Å²) < 4.78 is 0. The molecule has 1 N–H and O–H groups in total. The van der Waals surface area contributed by atoms with Crippen molar-refractivity contribution in [3.8, 4) is 0 Å². The summed E-state index contributed by atoms with van der Waals surface area (Å²) in [5.74, 6) is -0.828. The van der Waals surface area contributed by atoms with Crippen molar-refractivity contribution < 1.29 is 9.90 Å². The van der Waals surface area contributed by atoms with Crippen molar-refractivity contribution in [2.75, 3.05) is 13.1 Å². The van der Waals surface area contributed by atoms with E-state index in [1.54, 1.807) is 0 Å². The van der Waals surface area contributed by atoms with E-state index in [0.29, 0.717) is 4.88 Å². The third kappa shape index (κ3) is 3.29. The second kappa shape index (κ2) is 6.29. The molecule has 0 saturated carbocycles. The highest BCUT2D eigenvalue weighted by atomic mass is 32.1. The van der Waals surface area contributed by atoms with Crippen molar-refractivity contribution in [1.82, 2.24) is 9.88 Å². The number of carbonyl (C=O) groups is 1. The second-order valence-electron chi connectivity index (χ2n) is 4.78. The molecule has 0 bridgehead atoms. The normalized spacial score (nSPS) is 16.3. The number of carboxylic acid groups (broad SMARTS) is 1. The first-order valence-electron chi connectivity index (χ1n) is 6.65. The summed E-state index contributed by atoms with van der Waals surface area (Å²) in [4.78, 5) is 18.5. The molecule has 0 spiro atoms. The number of nitrogens with zero attached hydrogens (tertiary/aromatic N) is 2. The predicted molar refractivity (Wildman–Crippen MR) is 72.2 cm³/mol. The van der Waals surface area contributed by atoms with Crippen molar-refractivity contribution >= 4 is 17.3 Å². The summed E-state index contributed by atoms with van der Waals surface area (Å²) in [6.07, 6.45) is 5.36. The van der Waals surface area contributed by atoms with Gasteiger partial charge < -0.3 is 5.11 Å². The van der Waals surface area contributed by atoms with Crippen LogP contribution in [0.1, 0.15) is 53.0 Å². The number of thiazole rings is 1. The SMILES string of the molecule is CCCCc1nc(CN2CCCC2)sc1C(=O)O. The van der Waals surface area contributed by atoms with Crippen molar-refractivity contribution in [1.29, 1.82) is 0 Å². The zero-order valence-electron chi connectivity index (χ0n) is 10.8. The van der Waals surface area contributed by atoms with E-state index in [1.165, 1.54) is 24.2 Å². The molecular formula is C13H20N2O2S. The van der Waals surface area contributed by atoms with Crippen LogP contribution in [0.3, 0.4) is 0 Å². The molecule has 1 fully saturated rings. The minimum absolute atomic E-state index is 0.442. The third-order valence-corrected chi connectivity index (χ3v) is 4.33. The monoisotopic (exact) mass is 268 g/mol. The fraction of sp³-hybridized carbons (Fsp3) is 0.692. The topological polar surface area (TPSA) is 53.4 Å². The number of hydrogen-bond donors (Lipinski definition) is 1. The number of aromatic nitrogens is 1. The molecule has 0 atom stereocenters. The smallest absolute Gasteiger partial charge is 0.347 e. The highest BCUT2D eigenvalue weighted by Crippen LogP contribution is 2.23. The molecule has 0 aliphatic carbocycles. The molecule has 1 aliphatic rings. The van der Waals surface area contributed by atoms with Gasteiger partial charge in [0.05, 0.1) is 12.2 Å². The summed E-state index contributed by atoms with van der Waals surface area (Å²) in [6, 6.07) is 0. The Morgan fingerprint density at radius 2 is 2.17 bits per heavy atom. The zero-order chi connectivity index (χ0) is 13.0. The standard InChI is InChI=1S/C13H20N2O2S/c1-2-3-6-10-12(13(16)17)18-11(14-10)9-15-7-4-5-8-15/h2-9H2,1H3,(H,16,17). The molecule has 5 heteroatoms. The van der Waals surface area contributed by atoms with Crippen LogP contribution in [0, 0.1) is 0 Å². The molecule has 0 unspecified atom stereocenters. The first-order chi connectivity index (χ1) is 8.70. The lowest BCUT2D eigenvalue weighted by molar-refractivity contribution is 0.0700. The maximum atomic E-state index is 11.2. The van der Waals surface area contributed by atoms with Crippen LogP contribution in [-0.2, 0) is 13.0 Å². The Hall–Kier alpha value is -0.940. The number of hydrogen-bond acceptors (Lipinski definition) is 4. The molecule has 0 aromatic carbocycles. The Morgan fingerprint density at radius 1 is 1.44 bits per heavy atom. The Kier molecular flexibility index (Phi) is 4.72. The molecule has 2 rings (SSSR count). The van der Waals surface area contributed by atoms with Crippen molar-refractivity contribution in [3.05, 3.63) is 15.6 Å². The number of aromatic carboxylic acids is 1. The summed E-state index contributed by atoms with van der Waals surface area (Å²) in [7, 11) is 0. The van der Waals surface area contributed by atoms with E-state index in [1.807, 2.05) is 0 Å². The Bertz CT molecular complexity index is 411. The van der Waals surface area contributed by atoms with Crippen LogP contribution >= 0.6 is 11.3 Å². The molecule has 4 nitrogen and oxygen atoms in total. The summed E-state index contributed by atoms with van der Waals surface area (Å²) in [5, 5.41) is 10.2. The fourth-order valence-corrected chi connectivity index (χ4v) is 3.27. The number of unbranched alkanes of at least 4 members (excludes halogenated alkanes) is 1. The predicted octanol–water partition coefficient (Wildman–Crippen LogP) is 2.78. The Morgan fingerprint density at radius 3 is 2.78 bits per heavy atom. The van der Waals surface area contributed by atoms with Crippen LogP contribution < -0.4 is 0 Å². The average Bonchev–Trinajstić information content (AvgIpc) is 2.96. The Balaban J connectivity index is 2.08. The first kappa shape index (κ1) is 13.5. The van der Waals surface area contributed by atoms with E-state index in [-0.39, 0.29) is 0 Å². The molecule has 0 radical (unpaired) electrons. The molecule has 1 aliphatic heterocycles. The van der Waals surface area contributed by atoms with Gasteiger partial charge in [-0.3, -0.25) is 4.90 Å². The first-order valence-corrected chi connectivity index (χ1v) is 7.46. The highest BCUT2D eigenvalue weighted by molar-refractivity contribution is 7.13.